The van der Waals surface area contributed by atoms with E-state index in [1.54, 1.807) is 0 Å². The Morgan fingerprint density at radius 2 is 1.75 bits per heavy atom. The molecule has 0 aliphatic carbocycles. The third-order valence-electron chi connectivity index (χ3n) is 2.66. The Kier molecular flexibility index (Phi) is 4.26. The summed E-state index contributed by atoms with van der Waals surface area (Å²) in [5.74, 6) is -2.11. The number of carbonyl (C=O) groups excluding carboxylic acids is 1. The lowest BCUT2D eigenvalue weighted by atomic mass is 10.0. The first kappa shape index (κ1) is 14.8. The Morgan fingerprint density at radius 3 is 2.35 bits per heavy atom. The maximum atomic E-state index is 13.6. The molecular formula is C14H8Cl2F2O2. The number of methoxy groups -OCH3 is 1. The van der Waals surface area contributed by atoms with Gasteiger partial charge < -0.3 is 4.74 Å². The molecule has 2 aromatic rings. The van der Waals surface area contributed by atoms with Crippen LogP contribution < -0.4 is 4.74 Å². The summed E-state index contributed by atoms with van der Waals surface area (Å²) in [6, 6.07) is 5.33. The molecule has 0 saturated heterocycles. The molecule has 2 rings (SSSR count). The number of hydrogen-bond donors (Lipinski definition) is 0. The number of ether oxygens (including phenoxy) is 1. The zero-order valence-corrected chi connectivity index (χ0v) is 11.7. The van der Waals surface area contributed by atoms with Gasteiger partial charge in [0, 0.05) is 17.7 Å². The SMILES string of the molecule is COc1cc(Cl)c(C(=O)c2ccc(F)cc2F)cc1Cl. The van der Waals surface area contributed by atoms with Gasteiger partial charge in [-0.1, -0.05) is 23.2 Å². The standard InChI is InChI=1S/C14H8Cl2F2O2/c1-20-13-6-10(15)9(5-11(13)16)14(19)8-3-2-7(17)4-12(8)18/h2-6H,1H3. The molecule has 2 aromatic carbocycles. The highest BCUT2D eigenvalue weighted by atomic mass is 35.5. The monoisotopic (exact) mass is 316 g/mol. The third-order valence-corrected chi connectivity index (χ3v) is 3.27. The number of rotatable bonds is 3. The normalized spacial score (nSPS) is 10.4. The van der Waals surface area contributed by atoms with E-state index in [1.807, 2.05) is 0 Å². The van der Waals surface area contributed by atoms with Crippen molar-refractivity contribution in [3.63, 3.8) is 0 Å². The summed E-state index contributed by atoms with van der Waals surface area (Å²) < 4.78 is 31.4. The summed E-state index contributed by atoms with van der Waals surface area (Å²) >= 11 is 11.9. The zero-order chi connectivity index (χ0) is 14.9. The largest absolute Gasteiger partial charge is 0.495 e. The van der Waals surface area contributed by atoms with E-state index in [-0.39, 0.29) is 21.2 Å². The minimum atomic E-state index is -0.960. The Hall–Kier alpha value is -1.65. The Balaban J connectivity index is 2.51. The van der Waals surface area contributed by atoms with Crippen molar-refractivity contribution < 1.29 is 18.3 Å². The summed E-state index contributed by atoms with van der Waals surface area (Å²) in [6.45, 7) is 0. The summed E-state index contributed by atoms with van der Waals surface area (Å²) in [5, 5.41) is 0.239. The molecule has 2 nitrogen and oxygen atoms in total. The van der Waals surface area contributed by atoms with Crippen LogP contribution in [0.2, 0.25) is 10.0 Å². The topological polar surface area (TPSA) is 26.3 Å². The van der Waals surface area contributed by atoms with E-state index in [0.29, 0.717) is 11.8 Å². The van der Waals surface area contributed by atoms with Crippen LogP contribution in [0, 0.1) is 11.6 Å². The van der Waals surface area contributed by atoms with Gasteiger partial charge in [-0.3, -0.25) is 4.79 Å². The molecule has 0 amide bonds. The van der Waals surface area contributed by atoms with Crippen molar-refractivity contribution in [3.8, 4) is 5.75 Å². The smallest absolute Gasteiger partial charge is 0.197 e. The lowest BCUT2D eigenvalue weighted by molar-refractivity contribution is 0.103. The molecule has 6 heteroatoms. The van der Waals surface area contributed by atoms with Gasteiger partial charge in [0.25, 0.3) is 0 Å². The third kappa shape index (κ3) is 2.76. The fraction of sp³-hybridized carbons (Fsp3) is 0.0714. The van der Waals surface area contributed by atoms with Gasteiger partial charge in [0.15, 0.2) is 5.78 Å². The average molecular weight is 317 g/mol. The number of halogens is 4. The molecule has 0 aliphatic heterocycles. The second kappa shape index (κ2) is 5.77. The Morgan fingerprint density at radius 1 is 1.05 bits per heavy atom. The first-order valence-corrected chi connectivity index (χ1v) is 6.22. The molecule has 0 radical (unpaired) electrons. The van der Waals surface area contributed by atoms with Crippen LogP contribution in [0.5, 0.6) is 5.75 Å². The summed E-state index contributed by atoms with van der Waals surface area (Å²) in [5.41, 5.74) is -0.266. The maximum absolute atomic E-state index is 13.6. The summed E-state index contributed by atoms with van der Waals surface area (Å²) in [6.07, 6.45) is 0. The lowest BCUT2D eigenvalue weighted by Crippen LogP contribution is -2.06. The van der Waals surface area contributed by atoms with Crippen molar-refractivity contribution in [2.75, 3.05) is 7.11 Å². The first-order valence-electron chi connectivity index (χ1n) is 5.47. The average Bonchev–Trinajstić information content (AvgIpc) is 2.40. The molecule has 0 atom stereocenters. The summed E-state index contributed by atoms with van der Waals surface area (Å²) in [4.78, 5) is 12.2. The van der Waals surface area contributed by atoms with E-state index >= 15 is 0 Å². The molecule has 0 aromatic heterocycles. The van der Waals surface area contributed by atoms with Gasteiger partial charge in [0.2, 0.25) is 0 Å². The van der Waals surface area contributed by atoms with Crippen LogP contribution >= 0.6 is 23.2 Å². The van der Waals surface area contributed by atoms with Crippen molar-refractivity contribution >= 4 is 29.0 Å². The van der Waals surface area contributed by atoms with Gasteiger partial charge in [-0.25, -0.2) is 8.78 Å². The minimum absolute atomic E-state index is 0.0166. The van der Waals surface area contributed by atoms with E-state index in [4.69, 9.17) is 27.9 Å². The van der Waals surface area contributed by atoms with Crippen LogP contribution in [0.4, 0.5) is 8.78 Å². The van der Waals surface area contributed by atoms with Gasteiger partial charge in [-0.05, 0) is 18.2 Å². The quantitative estimate of drug-likeness (QED) is 0.779. The van der Waals surface area contributed by atoms with E-state index in [1.165, 1.54) is 19.2 Å². The van der Waals surface area contributed by atoms with Crippen molar-refractivity contribution in [3.05, 3.63) is 63.1 Å². The number of carbonyl (C=O) groups is 1. The number of hydrogen-bond acceptors (Lipinski definition) is 2. The predicted molar refractivity (Wildman–Crippen MR) is 72.8 cm³/mol. The van der Waals surface area contributed by atoms with Crippen LogP contribution in [-0.2, 0) is 0 Å². The number of ketones is 1. The van der Waals surface area contributed by atoms with Gasteiger partial charge >= 0.3 is 0 Å². The predicted octanol–water partition coefficient (Wildman–Crippen LogP) is 4.51. The molecule has 104 valence electrons. The molecule has 0 fully saturated rings. The highest BCUT2D eigenvalue weighted by Crippen LogP contribution is 2.32. The fourth-order valence-electron chi connectivity index (χ4n) is 1.68. The van der Waals surface area contributed by atoms with Gasteiger partial charge in [-0.2, -0.15) is 0 Å². The molecule has 0 N–H and O–H groups in total. The highest BCUT2D eigenvalue weighted by Gasteiger charge is 2.19. The van der Waals surface area contributed by atoms with Crippen molar-refractivity contribution in [1.82, 2.24) is 0 Å². The second-order valence-electron chi connectivity index (χ2n) is 3.92. The van der Waals surface area contributed by atoms with Crippen molar-refractivity contribution in [1.29, 1.82) is 0 Å². The van der Waals surface area contributed by atoms with Crippen LogP contribution in [-0.4, -0.2) is 12.9 Å². The van der Waals surface area contributed by atoms with Crippen LogP contribution in [0.15, 0.2) is 30.3 Å². The first-order chi connectivity index (χ1) is 9.43. The fourth-order valence-corrected chi connectivity index (χ4v) is 2.16. The molecule has 0 unspecified atom stereocenters. The zero-order valence-electron chi connectivity index (χ0n) is 10.2. The van der Waals surface area contributed by atoms with Crippen LogP contribution in [0.3, 0.4) is 0 Å². The van der Waals surface area contributed by atoms with E-state index < -0.39 is 17.4 Å². The van der Waals surface area contributed by atoms with E-state index in [2.05, 4.69) is 0 Å². The van der Waals surface area contributed by atoms with Crippen molar-refractivity contribution in [2.24, 2.45) is 0 Å². The highest BCUT2D eigenvalue weighted by molar-refractivity contribution is 6.37. The van der Waals surface area contributed by atoms with Gasteiger partial charge in [0.05, 0.1) is 22.7 Å². The summed E-state index contributed by atoms with van der Waals surface area (Å²) in [7, 11) is 1.40. The second-order valence-corrected chi connectivity index (χ2v) is 4.73. The Bertz CT molecular complexity index is 687. The lowest BCUT2D eigenvalue weighted by Gasteiger charge is -2.09. The van der Waals surface area contributed by atoms with Gasteiger partial charge in [0.1, 0.15) is 17.4 Å². The van der Waals surface area contributed by atoms with Gasteiger partial charge in [-0.15, -0.1) is 0 Å². The number of benzene rings is 2. The van der Waals surface area contributed by atoms with Crippen molar-refractivity contribution in [2.45, 2.75) is 0 Å². The molecule has 0 spiro atoms. The van der Waals surface area contributed by atoms with Crippen LogP contribution in [0.1, 0.15) is 15.9 Å². The van der Waals surface area contributed by atoms with Crippen LogP contribution in [0.25, 0.3) is 0 Å². The maximum Gasteiger partial charge on any atom is 0.197 e. The molecular weight excluding hydrogens is 309 g/mol. The molecule has 0 aliphatic rings. The molecule has 20 heavy (non-hydrogen) atoms. The molecule has 0 saturated carbocycles. The van der Waals surface area contributed by atoms with E-state index in [0.717, 1.165) is 12.1 Å². The molecule has 0 heterocycles. The van der Waals surface area contributed by atoms with E-state index in [9.17, 15) is 13.6 Å². The molecule has 0 bridgehead atoms. The Labute approximate surface area is 123 Å². The minimum Gasteiger partial charge on any atom is -0.495 e.